The molecule has 0 spiro atoms. The zero-order valence-electron chi connectivity index (χ0n) is 21.0. The van der Waals surface area contributed by atoms with Crippen molar-refractivity contribution in [1.82, 2.24) is 10.6 Å². The van der Waals surface area contributed by atoms with Crippen molar-refractivity contribution in [3.8, 4) is 0 Å². The van der Waals surface area contributed by atoms with E-state index in [4.69, 9.17) is 11.6 Å². The van der Waals surface area contributed by atoms with Crippen LogP contribution in [0.2, 0.25) is 5.02 Å². The SMILES string of the molecule is O=C(Nc1ccc(Cl)cc1)N[C@H](c1ccccc1)[C@@H](NC(=O)Nc1cccc2ccccc12)c1ccccc1. The van der Waals surface area contributed by atoms with Crippen LogP contribution in [0.1, 0.15) is 23.2 Å². The van der Waals surface area contributed by atoms with E-state index in [1.807, 2.05) is 103 Å². The van der Waals surface area contributed by atoms with Crippen molar-refractivity contribution >= 4 is 45.8 Å². The number of urea groups is 2. The third-order valence-corrected chi connectivity index (χ3v) is 6.62. The molecule has 0 unspecified atom stereocenters. The number of carbonyl (C=O) groups is 2. The van der Waals surface area contributed by atoms with Crippen LogP contribution in [0.4, 0.5) is 21.0 Å². The summed E-state index contributed by atoms with van der Waals surface area (Å²) in [6.45, 7) is 0. The van der Waals surface area contributed by atoms with Crippen molar-refractivity contribution in [1.29, 1.82) is 0 Å². The molecule has 0 radical (unpaired) electrons. The minimum atomic E-state index is -0.584. The lowest BCUT2D eigenvalue weighted by Gasteiger charge is -2.30. The van der Waals surface area contributed by atoms with Crippen molar-refractivity contribution in [3.05, 3.63) is 144 Å². The third-order valence-electron chi connectivity index (χ3n) is 6.36. The molecule has 0 aliphatic rings. The van der Waals surface area contributed by atoms with Gasteiger partial charge in [-0.2, -0.15) is 0 Å². The predicted octanol–water partition coefficient (Wildman–Crippen LogP) is 7.92. The Labute approximate surface area is 232 Å². The molecule has 0 aliphatic heterocycles. The molecule has 0 fully saturated rings. The van der Waals surface area contributed by atoms with Gasteiger partial charge in [0.25, 0.3) is 0 Å². The normalized spacial score (nSPS) is 12.2. The number of rotatable bonds is 7. The van der Waals surface area contributed by atoms with Crippen molar-refractivity contribution in [2.24, 2.45) is 0 Å². The van der Waals surface area contributed by atoms with E-state index in [-0.39, 0.29) is 6.03 Å². The third kappa shape index (κ3) is 6.55. The molecule has 4 amide bonds. The molecule has 5 aromatic rings. The number of nitrogens with one attached hydrogen (secondary N) is 4. The summed E-state index contributed by atoms with van der Waals surface area (Å²) in [5, 5.41) is 14.6. The number of benzene rings is 5. The van der Waals surface area contributed by atoms with E-state index in [0.29, 0.717) is 16.4 Å². The van der Waals surface area contributed by atoms with Crippen LogP contribution in [0.3, 0.4) is 0 Å². The predicted molar refractivity (Wildman–Crippen MR) is 158 cm³/mol. The smallest absolute Gasteiger partial charge is 0.319 e. The first-order chi connectivity index (χ1) is 19.1. The summed E-state index contributed by atoms with van der Waals surface area (Å²) in [5.41, 5.74) is 2.97. The van der Waals surface area contributed by atoms with Crippen molar-refractivity contribution in [2.75, 3.05) is 10.6 Å². The summed E-state index contributed by atoms with van der Waals surface area (Å²) in [7, 11) is 0. The average Bonchev–Trinajstić information content (AvgIpc) is 2.97. The number of anilines is 2. The maximum atomic E-state index is 13.4. The first kappa shape index (κ1) is 25.8. The van der Waals surface area contributed by atoms with Crippen LogP contribution in [0.15, 0.2) is 127 Å². The molecule has 4 N–H and O–H groups in total. The standard InChI is InChI=1S/C32H27ClN4O2/c33-25-18-20-26(21-19-25)34-31(38)36-29(23-11-3-1-4-12-23)30(24-13-5-2-6-14-24)37-32(39)35-28-17-9-15-22-10-7-8-16-27(22)28/h1-21,29-30H,(H2,34,36,38)(H2,35,37,39)/t29-,30+/m1/s1. The molecule has 0 aromatic heterocycles. The first-order valence-corrected chi connectivity index (χ1v) is 12.9. The summed E-state index contributed by atoms with van der Waals surface area (Å²) < 4.78 is 0. The van der Waals surface area contributed by atoms with E-state index in [2.05, 4.69) is 21.3 Å². The highest BCUT2D eigenvalue weighted by molar-refractivity contribution is 6.30. The van der Waals surface area contributed by atoms with Gasteiger partial charge in [-0.05, 0) is 46.8 Å². The van der Waals surface area contributed by atoms with Crippen LogP contribution >= 0.6 is 11.6 Å². The van der Waals surface area contributed by atoms with Crippen LogP contribution in [-0.4, -0.2) is 12.1 Å². The van der Waals surface area contributed by atoms with Crippen LogP contribution in [-0.2, 0) is 0 Å². The Balaban J connectivity index is 1.44. The molecule has 5 aromatic carbocycles. The van der Waals surface area contributed by atoms with Crippen LogP contribution in [0, 0.1) is 0 Å². The van der Waals surface area contributed by atoms with Gasteiger partial charge < -0.3 is 21.3 Å². The quantitative estimate of drug-likeness (QED) is 0.171. The Kier molecular flexibility index (Phi) is 8.05. The Hall–Kier alpha value is -4.81. The number of fused-ring (bicyclic) bond motifs is 1. The highest BCUT2D eigenvalue weighted by Crippen LogP contribution is 2.30. The van der Waals surface area contributed by atoms with Gasteiger partial charge in [0.1, 0.15) is 0 Å². The van der Waals surface area contributed by atoms with Gasteiger partial charge in [-0.1, -0.05) is 109 Å². The van der Waals surface area contributed by atoms with E-state index in [1.165, 1.54) is 0 Å². The fourth-order valence-electron chi connectivity index (χ4n) is 4.51. The van der Waals surface area contributed by atoms with Gasteiger partial charge in [-0.3, -0.25) is 0 Å². The number of hydrogen-bond acceptors (Lipinski definition) is 2. The summed E-state index contributed by atoms with van der Waals surface area (Å²) in [4.78, 5) is 26.6. The van der Waals surface area contributed by atoms with E-state index >= 15 is 0 Å². The number of amides is 4. The molecule has 7 heteroatoms. The molecule has 2 atom stereocenters. The van der Waals surface area contributed by atoms with Gasteiger partial charge >= 0.3 is 12.1 Å². The summed E-state index contributed by atoms with van der Waals surface area (Å²) >= 11 is 5.99. The summed E-state index contributed by atoms with van der Waals surface area (Å²) in [5.74, 6) is 0. The zero-order chi connectivity index (χ0) is 27.0. The molecule has 0 bridgehead atoms. The molecule has 0 aliphatic carbocycles. The fourth-order valence-corrected chi connectivity index (χ4v) is 4.64. The Morgan fingerprint density at radius 1 is 0.538 bits per heavy atom. The first-order valence-electron chi connectivity index (χ1n) is 12.5. The molecule has 6 nitrogen and oxygen atoms in total. The van der Waals surface area contributed by atoms with Crippen LogP contribution in [0.5, 0.6) is 0 Å². The maximum Gasteiger partial charge on any atom is 0.319 e. The molecule has 39 heavy (non-hydrogen) atoms. The lowest BCUT2D eigenvalue weighted by Crippen LogP contribution is -2.43. The summed E-state index contributed by atoms with van der Waals surface area (Å²) in [6.07, 6.45) is 0. The van der Waals surface area contributed by atoms with Gasteiger partial charge in [0.15, 0.2) is 0 Å². The largest absolute Gasteiger partial charge is 0.329 e. The van der Waals surface area contributed by atoms with E-state index in [1.54, 1.807) is 24.3 Å². The molecule has 0 heterocycles. The van der Waals surface area contributed by atoms with E-state index in [0.717, 1.165) is 21.9 Å². The molecular weight excluding hydrogens is 508 g/mol. The lowest BCUT2D eigenvalue weighted by molar-refractivity contribution is 0.236. The average molecular weight is 535 g/mol. The summed E-state index contributed by atoms with van der Waals surface area (Å²) in [6, 6.07) is 37.7. The van der Waals surface area contributed by atoms with Crippen LogP contribution < -0.4 is 21.3 Å². The van der Waals surface area contributed by atoms with Gasteiger partial charge in [0.05, 0.1) is 17.8 Å². The second-order valence-electron chi connectivity index (χ2n) is 9.01. The lowest BCUT2D eigenvalue weighted by atomic mass is 9.93. The molecule has 0 saturated heterocycles. The number of carbonyl (C=O) groups excluding carboxylic acids is 2. The van der Waals surface area contributed by atoms with Gasteiger partial charge in [0.2, 0.25) is 0 Å². The molecular formula is C32H27ClN4O2. The van der Waals surface area contributed by atoms with Gasteiger partial charge in [-0.15, -0.1) is 0 Å². The fraction of sp³-hybridized carbons (Fsp3) is 0.0625. The van der Waals surface area contributed by atoms with E-state index < -0.39 is 18.1 Å². The van der Waals surface area contributed by atoms with Crippen molar-refractivity contribution < 1.29 is 9.59 Å². The zero-order valence-corrected chi connectivity index (χ0v) is 21.7. The molecule has 0 saturated carbocycles. The van der Waals surface area contributed by atoms with Crippen LogP contribution in [0.25, 0.3) is 10.8 Å². The Morgan fingerprint density at radius 2 is 1.05 bits per heavy atom. The molecule has 5 rings (SSSR count). The highest BCUT2D eigenvalue weighted by Gasteiger charge is 2.28. The van der Waals surface area contributed by atoms with E-state index in [9.17, 15) is 9.59 Å². The van der Waals surface area contributed by atoms with Gasteiger partial charge in [-0.25, -0.2) is 9.59 Å². The minimum Gasteiger partial charge on any atom is -0.329 e. The van der Waals surface area contributed by atoms with Crippen molar-refractivity contribution in [2.45, 2.75) is 12.1 Å². The monoisotopic (exact) mass is 534 g/mol. The highest BCUT2D eigenvalue weighted by atomic mass is 35.5. The second kappa shape index (κ2) is 12.2. The minimum absolute atomic E-state index is 0.388. The Bertz CT molecular complexity index is 1560. The second-order valence-corrected chi connectivity index (χ2v) is 9.44. The molecule has 194 valence electrons. The Morgan fingerprint density at radius 3 is 1.67 bits per heavy atom. The topological polar surface area (TPSA) is 82.3 Å². The maximum absolute atomic E-state index is 13.4. The van der Waals surface area contributed by atoms with Crippen molar-refractivity contribution in [3.63, 3.8) is 0 Å². The number of halogens is 1. The number of hydrogen-bond donors (Lipinski definition) is 4. The van der Waals surface area contributed by atoms with Gasteiger partial charge in [0, 0.05) is 16.1 Å².